The van der Waals surface area contributed by atoms with E-state index in [0.717, 1.165) is 12.2 Å². The molecule has 2 aromatic rings. The van der Waals surface area contributed by atoms with Crippen molar-refractivity contribution in [2.75, 3.05) is 26.7 Å². The minimum atomic E-state index is -3.55. The van der Waals surface area contributed by atoms with Crippen LogP contribution in [0.5, 0.6) is 0 Å². The highest BCUT2D eigenvalue weighted by molar-refractivity contribution is 14.0. The summed E-state index contributed by atoms with van der Waals surface area (Å²) in [5.41, 5.74) is 0. The lowest BCUT2D eigenvalue weighted by molar-refractivity contribution is 0.579. The molecule has 2 aromatic heterocycles. The summed E-state index contributed by atoms with van der Waals surface area (Å²) >= 11 is 0. The highest BCUT2D eigenvalue weighted by Gasteiger charge is 2.12. The first-order valence-corrected chi connectivity index (χ1v) is 9.76. The van der Waals surface area contributed by atoms with Crippen molar-refractivity contribution in [2.45, 2.75) is 24.8 Å². The minimum absolute atomic E-state index is 0. The maximum atomic E-state index is 12.1. The predicted octanol–water partition coefficient (Wildman–Crippen LogP) is -0.00300. The first-order chi connectivity index (χ1) is 12.6. The summed E-state index contributed by atoms with van der Waals surface area (Å²) in [6.07, 6.45) is 5.36. The van der Waals surface area contributed by atoms with E-state index in [1.54, 1.807) is 19.4 Å². The minimum Gasteiger partial charge on any atom is -0.355 e. The molecule has 3 N–H and O–H groups in total. The van der Waals surface area contributed by atoms with E-state index in [1.807, 2.05) is 11.5 Å². The highest BCUT2D eigenvalue weighted by Crippen LogP contribution is 2.04. The molecule has 2 heterocycles. The molecular weight excluding hydrogens is 483 g/mol. The Balaban J connectivity index is 0.00000364. The van der Waals surface area contributed by atoms with Gasteiger partial charge in [0.05, 0.1) is 0 Å². The lowest BCUT2D eigenvalue weighted by Gasteiger charge is -2.13. The van der Waals surface area contributed by atoms with Gasteiger partial charge in [0, 0.05) is 52.0 Å². The van der Waals surface area contributed by atoms with Crippen LogP contribution in [0.4, 0.5) is 0 Å². The van der Waals surface area contributed by atoms with Gasteiger partial charge in [-0.3, -0.25) is 9.98 Å². The molecule has 0 radical (unpaired) electrons. The first kappa shape index (κ1) is 23.2. The van der Waals surface area contributed by atoms with E-state index >= 15 is 0 Å². The fourth-order valence-electron chi connectivity index (χ4n) is 2.21. The van der Waals surface area contributed by atoms with Gasteiger partial charge in [-0.25, -0.2) is 13.1 Å². The average Bonchev–Trinajstić information content (AvgIpc) is 3.12. The van der Waals surface area contributed by atoms with E-state index in [1.165, 1.54) is 18.5 Å². The number of hydrogen-bond acceptors (Lipinski definition) is 6. The van der Waals surface area contributed by atoms with Crippen molar-refractivity contribution in [3.63, 3.8) is 0 Å². The van der Waals surface area contributed by atoms with Crippen molar-refractivity contribution >= 4 is 40.0 Å². The summed E-state index contributed by atoms with van der Waals surface area (Å²) in [5, 5.41) is 14.1. The fourth-order valence-corrected chi connectivity index (χ4v) is 3.21. The summed E-state index contributed by atoms with van der Waals surface area (Å²) in [4.78, 5) is 8.06. The number of halogens is 1. The van der Waals surface area contributed by atoms with E-state index < -0.39 is 10.0 Å². The number of nitrogens with one attached hydrogen (secondary N) is 3. The lowest BCUT2D eigenvalue weighted by Crippen LogP contribution is -2.42. The Kier molecular flexibility index (Phi) is 10.2. The zero-order chi connectivity index (χ0) is 18.8. The van der Waals surface area contributed by atoms with Crippen LogP contribution in [0, 0.1) is 0 Å². The third-order valence-electron chi connectivity index (χ3n) is 3.53. The van der Waals surface area contributed by atoms with Crippen molar-refractivity contribution in [1.29, 1.82) is 0 Å². The van der Waals surface area contributed by atoms with Crippen LogP contribution in [0.1, 0.15) is 12.7 Å². The van der Waals surface area contributed by atoms with E-state index in [-0.39, 0.29) is 35.4 Å². The zero-order valence-electron chi connectivity index (χ0n) is 15.3. The molecule has 0 bridgehead atoms. The predicted molar refractivity (Wildman–Crippen MR) is 114 cm³/mol. The third-order valence-corrected chi connectivity index (χ3v) is 4.98. The van der Waals surface area contributed by atoms with Crippen LogP contribution in [0.2, 0.25) is 0 Å². The molecule has 0 saturated heterocycles. The zero-order valence-corrected chi connectivity index (χ0v) is 18.4. The Labute approximate surface area is 176 Å². The standard InChI is InChI=1S/C15H24N8O2S.HI/c1-3-14-22-20-12-23(14)10-9-19-15(16-2)18-7-8-21-26(24,25)13-5-4-6-17-11-13;/h4-6,11-12,21H,3,7-10H2,1-2H3,(H2,16,18,19);1H. The van der Waals surface area contributed by atoms with Gasteiger partial charge in [-0.05, 0) is 12.1 Å². The molecule has 12 heteroatoms. The van der Waals surface area contributed by atoms with Crippen LogP contribution < -0.4 is 15.4 Å². The van der Waals surface area contributed by atoms with Crippen molar-refractivity contribution in [2.24, 2.45) is 4.99 Å². The quantitative estimate of drug-likeness (QED) is 0.188. The lowest BCUT2D eigenvalue weighted by atomic mass is 10.4. The largest absolute Gasteiger partial charge is 0.355 e. The van der Waals surface area contributed by atoms with Gasteiger partial charge >= 0.3 is 0 Å². The molecular formula is C15H25IN8O2S. The van der Waals surface area contributed by atoms with Gasteiger partial charge in [-0.1, -0.05) is 6.92 Å². The van der Waals surface area contributed by atoms with Gasteiger partial charge in [0.15, 0.2) is 5.96 Å². The van der Waals surface area contributed by atoms with Gasteiger partial charge in [0.2, 0.25) is 10.0 Å². The van der Waals surface area contributed by atoms with Crippen LogP contribution in [-0.2, 0) is 23.0 Å². The molecule has 0 unspecified atom stereocenters. The number of rotatable bonds is 9. The first-order valence-electron chi connectivity index (χ1n) is 8.27. The summed E-state index contributed by atoms with van der Waals surface area (Å²) in [5.74, 6) is 1.52. The summed E-state index contributed by atoms with van der Waals surface area (Å²) < 4.78 is 28.6. The maximum Gasteiger partial charge on any atom is 0.242 e. The molecule has 0 fully saturated rings. The van der Waals surface area contributed by atoms with Crippen molar-refractivity contribution in [3.8, 4) is 0 Å². The van der Waals surface area contributed by atoms with Gasteiger partial charge < -0.3 is 15.2 Å². The number of aryl methyl sites for hydroxylation is 1. The number of pyridine rings is 1. The molecule has 0 amide bonds. The normalized spacial score (nSPS) is 11.7. The molecule has 27 heavy (non-hydrogen) atoms. The summed E-state index contributed by atoms with van der Waals surface area (Å²) in [7, 11) is -1.89. The van der Waals surface area contributed by atoms with E-state index in [2.05, 4.69) is 35.5 Å². The fraction of sp³-hybridized carbons (Fsp3) is 0.467. The number of nitrogens with zero attached hydrogens (tertiary/aromatic N) is 5. The number of sulfonamides is 1. The molecule has 0 atom stereocenters. The Morgan fingerprint density at radius 2 is 2.04 bits per heavy atom. The second-order valence-electron chi connectivity index (χ2n) is 5.31. The van der Waals surface area contributed by atoms with Gasteiger partial charge in [0.25, 0.3) is 0 Å². The smallest absolute Gasteiger partial charge is 0.242 e. The summed E-state index contributed by atoms with van der Waals surface area (Å²) in [6, 6.07) is 3.08. The second kappa shape index (κ2) is 11.8. The monoisotopic (exact) mass is 508 g/mol. The third kappa shape index (κ3) is 7.38. The highest BCUT2D eigenvalue weighted by atomic mass is 127. The topological polar surface area (TPSA) is 126 Å². The van der Waals surface area contributed by atoms with E-state index in [9.17, 15) is 8.42 Å². The van der Waals surface area contributed by atoms with Crippen LogP contribution in [0.3, 0.4) is 0 Å². The molecule has 10 nitrogen and oxygen atoms in total. The van der Waals surface area contributed by atoms with E-state index in [4.69, 9.17) is 0 Å². The van der Waals surface area contributed by atoms with Crippen molar-refractivity contribution < 1.29 is 8.42 Å². The molecule has 2 rings (SSSR count). The van der Waals surface area contributed by atoms with Gasteiger partial charge in [0.1, 0.15) is 17.0 Å². The number of hydrogen-bond donors (Lipinski definition) is 3. The second-order valence-corrected chi connectivity index (χ2v) is 7.07. The van der Waals surface area contributed by atoms with Crippen molar-refractivity contribution in [1.82, 2.24) is 35.1 Å². The molecule has 0 aliphatic carbocycles. The maximum absolute atomic E-state index is 12.1. The Morgan fingerprint density at radius 3 is 2.70 bits per heavy atom. The average molecular weight is 508 g/mol. The number of guanidine groups is 1. The molecule has 0 spiro atoms. The Hall–Kier alpha value is -1.80. The molecule has 0 saturated carbocycles. The van der Waals surface area contributed by atoms with Crippen molar-refractivity contribution in [3.05, 3.63) is 36.7 Å². The molecule has 0 aliphatic heterocycles. The molecule has 0 aromatic carbocycles. The Morgan fingerprint density at radius 1 is 1.26 bits per heavy atom. The van der Waals surface area contributed by atoms with Crippen LogP contribution in [0.25, 0.3) is 0 Å². The number of aromatic nitrogens is 4. The molecule has 150 valence electrons. The van der Waals surface area contributed by atoms with Crippen LogP contribution in [-0.4, -0.2) is 60.8 Å². The molecule has 0 aliphatic rings. The van der Waals surface area contributed by atoms with Gasteiger partial charge in [-0.15, -0.1) is 34.2 Å². The SMILES string of the molecule is CCc1nncn1CCNC(=NC)NCCNS(=O)(=O)c1cccnc1.I. The summed E-state index contributed by atoms with van der Waals surface area (Å²) in [6.45, 7) is 4.01. The Bertz CT molecular complexity index is 810. The van der Waals surface area contributed by atoms with E-state index in [0.29, 0.717) is 25.6 Å². The number of aliphatic imine (C=N–C) groups is 1. The van der Waals surface area contributed by atoms with Crippen LogP contribution >= 0.6 is 24.0 Å². The van der Waals surface area contributed by atoms with Gasteiger partial charge in [-0.2, -0.15) is 0 Å². The van der Waals surface area contributed by atoms with Crippen LogP contribution in [0.15, 0.2) is 40.7 Å².